The Kier molecular flexibility index (Phi) is 4.99. The van der Waals surface area contributed by atoms with Crippen LogP contribution in [0.1, 0.15) is 33.6 Å². The van der Waals surface area contributed by atoms with E-state index in [-0.39, 0.29) is 5.54 Å². The van der Waals surface area contributed by atoms with Gasteiger partial charge in [0.25, 0.3) is 0 Å². The summed E-state index contributed by atoms with van der Waals surface area (Å²) >= 11 is 0. The van der Waals surface area contributed by atoms with Crippen molar-refractivity contribution >= 4 is 0 Å². The number of likely N-dealkylation sites (tertiary alicyclic amines) is 1. The van der Waals surface area contributed by atoms with Crippen LogP contribution >= 0.6 is 0 Å². The van der Waals surface area contributed by atoms with Crippen LogP contribution in [-0.4, -0.2) is 46.2 Å². The summed E-state index contributed by atoms with van der Waals surface area (Å²) in [5.41, 5.74) is 0.249. The summed E-state index contributed by atoms with van der Waals surface area (Å²) in [5.74, 6) is 0.851. The van der Waals surface area contributed by atoms with Gasteiger partial charge in [-0.1, -0.05) is 0 Å². The van der Waals surface area contributed by atoms with Crippen molar-refractivity contribution in [2.24, 2.45) is 5.92 Å². The van der Waals surface area contributed by atoms with Crippen molar-refractivity contribution in [1.82, 2.24) is 19.8 Å². The van der Waals surface area contributed by atoms with Crippen LogP contribution in [-0.2, 0) is 6.54 Å². The molecule has 1 aliphatic rings. The van der Waals surface area contributed by atoms with Crippen LogP contribution in [0.2, 0.25) is 0 Å². The van der Waals surface area contributed by atoms with Crippen LogP contribution in [0.15, 0.2) is 18.7 Å². The summed E-state index contributed by atoms with van der Waals surface area (Å²) in [6, 6.07) is 0. The van der Waals surface area contributed by atoms with Crippen molar-refractivity contribution < 1.29 is 0 Å². The molecular weight excluding hydrogens is 236 g/mol. The van der Waals surface area contributed by atoms with E-state index in [4.69, 9.17) is 0 Å². The average molecular weight is 264 g/mol. The lowest BCUT2D eigenvalue weighted by molar-refractivity contribution is 0.172. The number of aromatic nitrogens is 2. The van der Waals surface area contributed by atoms with E-state index in [1.807, 2.05) is 18.7 Å². The highest BCUT2D eigenvalue weighted by atomic mass is 15.2. The number of nitrogens with one attached hydrogen (secondary N) is 1. The van der Waals surface area contributed by atoms with Crippen LogP contribution in [0.25, 0.3) is 0 Å². The Balaban J connectivity index is 1.62. The third-order valence-corrected chi connectivity index (χ3v) is 3.86. The zero-order valence-electron chi connectivity index (χ0n) is 12.6. The van der Waals surface area contributed by atoms with Gasteiger partial charge in [-0.25, -0.2) is 4.98 Å². The van der Waals surface area contributed by atoms with Crippen molar-refractivity contribution in [3.63, 3.8) is 0 Å². The summed E-state index contributed by atoms with van der Waals surface area (Å²) in [6.45, 7) is 12.6. The molecule has 4 nitrogen and oxygen atoms in total. The summed E-state index contributed by atoms with van der Waals surface area (Å²) in [5, 5.41) is 3.63. The predicted octanol–water partition coefficient (Wildman–Crippen LogP) is 1.98. The number of hydrogen-bond donors (Lipinski definition) is 1. The fraction of sp³-hybridized carbons (Fsp3) is 0.800. The van der Waals surface area contributed by atoms with E-state index in [9.17, 15) is 0 Å². The molecule has 0 radical (unpaired) electrons. The molecule has 19 heavy (non-hydrogen) atoms. The minimum Gasteiger partial charge on any atom is -0.336 e. The first-order valence-corrected chi connectivity index (χ1v) is 7.46. The van der Waals surface area contributed by atoms with Crippen LogP contribution in [0.4, 0.5) is 0 Å². The summed E-state index contributed by atoms with van der Waals surface area (Å²) in [6.07, 6.45) is 8.45. The molecule has 1 N–H and O–H groups in total. The zero-order valence-corrected chi connectivity index (χ0v) is 12.6. The van der Waals surface area contributed by atoms with Crippen molar-refractivity contribution in [3.05, 3.63) is 18.7 Å². The maximum absolute atomic E-state index is 4.08. The molecule has 0 bridgehead atoms. The second-order valence-electron chi connectivity index (χ2n) is 6.72. The van der Waals surface area contributed by atoms with Crippen molar-refractivity contribution in [3.8, 4) is 0 Å². The number of hydrogen-bond acceptors (Lipinski definition) is 3. The molecule has 0 unspecified atom stereocenters. The fourth-order valence-electron chi connectivity index (χ4n) is 2.54. The first-order valence-electron chi connectivity index (χ1n) is 7.46. The smallest absolute Gasteiger partial charge is 0.0946 e. The molecule has 1 aromatic heterocycles. The molecule has 0 spiro atoms. The Morgan fingerprint density at radius 2 is 1.95 bits per heavy atom. The molecule has 2 heterocycles. The topological polar surface area (TPSA) is 33.1 Å². The highest BCUT2D eigenvalue weighted by Crippen LogP contribution is 2.17. The molecule has 0 saturated carbocycles. The van der Waals surface area contributed by atoms with Crippen molar-refractivity contribution in [2.75, 3.05) is 26.2 Å². The first-order chi connectivity index (χ1) is 9.03. The van der Waals surface area contributed by atoms with E-state index >= 15 is 0 Å². The molecule has 1 saturated heterocycles. The van der Waals surface area contributed by atoms with Gasteiger partial charge in [0.05, 0.1) is 6.33 Å². The molecule has 108 valence electrons. The second-order valence-corrected chi connectivity index (χ2v) is 6.72. The maximum Gasteiger partial charge on any atom is 0.0946 e. The standard InChI is InChI=1S/C15H28N4/c1-15(2,3)17-12-14-4-7-18(8-5-14)10-11-19-9-6-16-13-19/h6,9,13-14,17H,4-5,7-8,10-12H2,1-3H3. The van der Waals surface area contributed by atoms with Crippen LogP contribution in [0.3, 0.4) is 0 Å². The lowest BCUT2D eigenvalue weighted by Crippen LogP contribution is -2.43. The second kappa shape index (κ2) is 6.53. The van der Waals surface area contributed by atoms with Crippen LogP contribution in [0, 0.1) is 5.92 Å². The average Bonchev–Trinajstić information content (AvgIpc) is 2.87. The lowest BCUT2D eigenvalue weighted by Gasteiger charge is -2.33. The largest absolute Gasteiger partial charge is 0.336 e. The van der Waals surface area contributed by atoms with Gasteiger partial charge in [-0.15, -0.1) is 0 Å². The molecule has 0 aliphatic carbocycles. The van der Waals surface area contributed by atoms with Gasteiger partial charge in [0.1, 0.15) is 0 Å². The molecular formula is C15H28N4. The van der Waals surface area contributed by atoms with Gasteiger partial charge in [-0.3, -0.25) is 0 Å². The highest BCUT2D eigenvalue weighted by Gasteiger charge is 2.20. The van der Waals surface area contributed by atoms with Gasteiger partial charge < -0.3 is 14.8 Å². The third kappa shape index (κ3) is 5.33. The third-order valence-electron chi connectivity index (χ3n) is 3.86. The molecule has 1 aliphatic heterocycles. The summed E-state index contributed by atoms with van der Waals surface area (Å²) in [7, 11) is 0. The van der Waals surface area contributed by atoms with E-state index in [1.54, 1.807) is 0 Å². The van der Waals surface area contributed by atoms with Gasteiger partial charge in [0, 0.05) is 31.0 Å². The van der Waals surface area contributed by atoms with E-state index in [2.05, 4.69) is 40.5 Å². The highest BCUT2D eigenvalue weighted by molar-refractivity contribution is 4.79. The molecule has 0 amide bonds. The Hall–Kier alpha value is -0.870. The van der Waals surface area contributed by atoms with Crippen molar-refractivity contribution in [1.29, 1.82) is 0 Å². The molecule has 2 rings (SSSR count). The molecule has 1 fully saturated rings. The SMILES string of the molecule is CC(C)(C)NCC1CCN(CCn2ccnc2)CC1. The molecule has 0 atom stereocenters. The first kappa shape index (κ1) is 14.5. The van der Waals surface area contributed by atoms with Crippen LogP contribution < -0.4 is 5.32 Å². The predicted molar refractivity (Wildman–Crippen MR) is 79.1 cm³/mol. The molecule has 1 aromatic rings. The Labute approximate surface area is 117 Å². The summed E-state index contributed by atoms with van der Waals surface area (Å²) < 4.78 is 2.16. The molecule has 0 aromatic carbocycles. The van der Waals surface area contributed by atoms with E-state index in [0.717, 1.165) is 19.0 Å². The number of piperidine rings is 1. The van der Waals surface area contributed by atoms with Gasteiger partial charge in [0.15, 0.2) is 0 Å². The van der Waals surface area contributed by atoms with Gasteiger partial charge in [-0.05, 0) is 59.2 Å². The van der Waals surface area contributed by atoms with E-state index in [1.165, 1.54) is 32.5 Å². The number of imidazole rings is 1. The van der Waals surface area contributed by atoms with Gasteiger partial charge in [0.2, 0.25) is 0 Å². The van der Waals surface area contributed by atoms with Crippen LogP contribution in [0.5, 0.6) is 0 Å². The van der Waals surface area contributed by atoms with E-state index in [0.29, 0.717) is 0 Å². The Bertz CT molecular complexity index is 345. The van der Waals surface area contributed by atoms with E-state index < -0.39 is 0 Å². The molecule has 4 heteroatoms. The minimum absolute atomic E-state index is 0.249. The Morgan fingerprint density at radius 1 is 1.21 bits per heavy atom. The zero-order chi connectivity index (χ0) is 13.7. The lowest BCUT2D eigenvalue weighted by atomic mass is 9.95. The fourth-order valence-corrected chi connectivity index (χ4v) is 2.54. The summed E-state index contributed by atoms with van der Waals surface area (Å²) in [4.78, 5) is 6.66. The number of nitrogens with zero attached hydrogens (tertiary/aromatic N) is 3. The maximum atomic E-state index is 4.08. The normalized spacial score (nSPS) is 18.9. The van der Waals surface area contributed by atoms with Crippen molar-refractivity contribution in [2.45, 2.75) is 45.7 Å². The monoisotopic (exact) mass is 264 g/mol. The Morgan fingerprint density at radius 3 is 2.53 bits per heavy atom. The quantitative estimate of drug-likeness (QED) is 0.883. The minimum atomic E-state index is 0.249. The van der Waals surface area contributed by atoms with Gasteiger partial charge in [-0.2, -0.15) is 0 Å². The number of rotatable bonds is 5. The van der Waals surface area contributed by atoms with Gasteiger partial charge >= 0.3 is 0 Å².